The SMILES string of the molecule is CC1(C)c2cccc3c2N(c2ccc(-c4ccc5c(c4)c4ccccc4n5-c4ccccc4)cc2C3)c2ccsc21.CC1(C)c2sccc2-n2c3ccc(B(O)O)cc3c3cccc1c32. The van der Waals surface area contributed by atoms with Gasteiger partial charge in [-0.25, -0.2) is 0 Å². The second kappa shape index (κ2) is 13.9. The molecule has 0 unspecified atom stereocenters. The molecule has 8 heteroatoms. The maximum atomic E-state index is 9.54. The first-order valence-electron chi connectivity index (χ1n) is 22.3. The van der Waals surface area contributed by atoms with E-state index in [4.69, 9.17) is 0 Å². The molecule has 65 heavy (non-hydrogen) atoms. The minimum Gasteiger partial charge on any atom is -0.423 e. The third-order valence-corrected chi connectivity index (χ3v) is 16.9. The van der Waals surface area contributed by atoms with Gasteiger partial charge in [0, 0.05) is 59.9 Å². The van der Waals surface area contributed by atoms with Gasteiger partial charge in [-0.3, -0.25) is 0 Å². The summed E-state index contributed by atoms with van der Waals surface area (Å²) in [6, 6.07) is 57.0. The molecule has 2 N–H and O–H groups in total. The van der Waals surface area contributed by atoms with E-state index in [1.807, 2.05) is 23.5 Å². The summed E-state index contributed by atoms with van der Waals surface area (Å²) in [4.78, 5) is 5.34. The zero-order valence-corrected chi connectivity index (χ0v) is 38.1. The molecule has 0 saturated carbocycles. The Morgan fingerprint density at radius 1 is 0.492 bits per heavy atom. The van der Waals surface area contributed by atoms with E-state index in [0.29, 0.717) is 5.46 Å². The second-order valence-corrected chi connectivity index (χ2v) is 20.6. The van der Waals surface area contributed by atoms with Crippen LogP contribution < -0.4 is 10.4 Å². The van der Waals surface area contributed by atoms with Gasteiger partial charge < -0.3 is 24.1 Å². The minimum atomic E-state index is -1.45. The Morgan fingerprint density at radius 2 is 1.12 bits per heavy atom. The highest BCUT2D eigenvalue weighted by Crippen LogP contribution is 2.58. The molecule has 0 radical (unpaired) electrons. The van der Waals surface area contributed by atoms with E-state index in [-0.39, 0.29) is 10.8 Å². The van der Waals surface area contributed by atoms with Gasteiger partial charge >= 0.3 is 7.12 Å². The average molecular weight is 878 g/mol. The highest BCUT2D eigenvalue weighted by atomic mass is 32.1. The molecule has 0 atom stereocenters. The molecule has 11 aromatic rings. The van der Waals surface area contributed by atoms with Crippen molar-refractivity contribution in [1.82, 2.24) is 9.13 Å². The summed E-state index contributed by atoms with van der Waals surface area (Å²) in [5.74, 6) is 0. The molecule has 7 aromatic carbocycles. The highest BCUT2D eigenvalue weighted by Gasteiger charge is 2.41. The molecule has 4 aromatic heterocycles. The third kappa shape index (κ3) is 5.46. The molecule has 314 valence electrons. The Balaban J connectivity index is 0.000000150. The van der Waals surface area contributed by atoms with Crippen molar-refractivity contribution >= 4 is 95.9 Å². The van der Waals surface area contributed by atoms with Crippen LogP contribution in [0, 0.1) is 0 Å². The van der Waals surface area contributed by atoms with E-state index < -0.39 is 7.12 Å². The summed E-state index contributed by atoms with van der Waals surface area (Å²) in [5.41, 5.74) is 19.8. The molecule has 3 aliphatic heterocycles. The number of hydrogen-bond acceptors (Lipinski definition) is 5. The quantitative estimate of drug-likeness (QED) is 0.174. The number of rotatable bonds is 3. The predicted molar refractivity (Wildman–Crippen MR) is 274 cm³/mol. The lowest BCUT2D eigenvalue weighted by Gasteiger charge is -2.44. The van der Waals surface area contributed by atoms with Crippen LogP contribution in [-0.4, -0.2) is 26.3 Å². The molecule has 7 heterocycles. The van der Waals surface area contributed by atoms with Gasteiger partial charge in [0.1, 0.15) is 0 Å². The molecule has 5 nitrogen and oxygen atoms in total. The van der Waals surface area contributed by atoms with Crippen molar-refractivity contribution in [3.8, 4) is 22.5 Å². The number of nitrogens with zero attached hydrogens (tertiary/aromatic N) is 3. The fourth-order valence-corrected chi connectivity index (χ4v) is 13.4. The monoisotopic (exact) mass is 877 g/mol. The van der Waals surface area contributed by atoms with Crippen LogP contribution in [0.2, 0.25) is 0 Å². The molecule has 0 bridgehead atoms. The summed E-state index contributed by atoms with van der Waals surface area (Å²) in [5, 5.41) is 28.3. The molecule has 3 aliphatic rings. The highest BCUT2D eigenvalue weighted by molar-refractivity contribution is 7.11. The summed E-state index contributed by atoms with van der Waals surface area (Å²) < 4.78 is 4.71. The summed E-state index contributed by atoms with van der Waals surface area (Å²) >= 11 is 3.68. The van der Waals surface area contributed by atoms with E-state index in [9.17, 15) is 10.0 Å². The van der Waals surface area contributed by atoms with Gasteiger partial charge in [-0.2, -0.15) is 0 Å². The number of para-hydroxylation sites is 4. The van der Waals surface area contributed by atoms with Crippen molar-refractivity contribution in [3.63, 3.8) is 0 Å². The van der Waals surface area contributed by atoms with Crippen molar-refractivity contribution in [1.29, 1.82) is 0 Å². The fourth-order valence-electron chi connectivity index (χ4n) is 11.3. The lowest BCUT2D eigenvalue weighted by Crippen LogP contribution is -2.32. The normalized spacial score (nSPS) is 14.8. The summed E-state index contributed by atoms with van der Waals surface area (Å²) in [7, 11) is -1.45. The van der Waals surface area contributed by atoms with Gasteiger partial charge in [-0.05, 0) is 110 Å². The van der Waals surface area contributed by atoms with Crippen LogP contribution in [0.25, 0.3) is 66.1 Å². The van der Waals surface area contributed by atoms with Crippen molar-refractivity contribution in [2.75, 3.05) is 4.90 Å². The standard InChI is InChI=1S/C38H28N2S.C19H16BNO2S/c1-38(2)31-13-8-9-26-22-27-21-24(15-17-32(27)40(36(26)31)35-19-20-41-37(35)38)25-16-18-34-30(23-25)29-12-6-7-14-33(29)39(34)28-10-4-3-5-11-28;1-19(2)14-5-3-4-12-13-10-11(20(22)23)6-7-15(13)21(17(12)14)16-8-9-24-18(16)19/h3-21,23H,22H2,1-2H3;3-10,22-23H,1-2H3. The maximum absolute atomic E-state index is 9.54. The molecule has 14 rings (SSSR count). The van der Waals surface area contributed by atoms with E-state index >= 15 is 0 Å². The third-order valence-electron chi connectivity index (χ3n) is 14.4. The molecule has 0 amide bonds. The Labute approximate surface area is 385 Å². The first-order valence-corrected chi connectivity index (χ1v) is 24.1. The number of hydrogen-bond donors (Lipinski definition) is 2. The van der Waals surface area contributed by atoms with Crippen LogP contribution in [0.3, 0.4) is 0 Å². The zero-order chi connectivity index (χ0) is 43.9. The number of anilines is 3. The van der Waals surface area contributed by atoms with E-state index in [0.717, 1.165) is 22.7 Å². The van der Waals surface area contributed by atoms with Crippen molar-refractivity contribution in [3.05, 3.63) is 200 Å². The number of fused-ring (bicyclic) bond motifs is 12. The summed E-state index contributed by atoms with van der Waals surface area (Å²) in [6.07, 6.45) is 0.952. The van der Waals surface area contributed by atoms with Gasteiger partial charge in [-0.15, -0.1) is 22.7 Å². The fraction of sp³-hybridized carbons (Fsp3) is 0.123. The van der Waals surface area contributed by atoms with E-state index in [1.54, 1.807) is 17.4 Å². The van der Waals surface area contributed by atoms with Gasteiger partial charge in [-0.1, -0.05) is 125 Å². The van der Waals surface area contributed by atoms with Gasteiger partial charge in [0.15, 0.2) is 0 Å². The first kappa shape index (κ1) is 38.8. The second-order valence-electron chi connectivity index (χ2n) is 18.8. The van der Waals surface area contributed by atoms with Crippen molar-refractivity contribution in [2.24, 2.45) is 0 Å². The van der Waals surface area contributed by atoms with Crippen LogP contribution in [0.1, 0.15) is 59.7 Å². The number of thiophene rings is 2. The average Bonchev–Trinajstić information content (AvgIpc) is 4.14. The predicted octanol–water partition coefficient (Wildman–Crippen LogP) is 13.7. The van der Waals surface area contributed by atoms with Gasteiger partial charge in [0.25, 0.3) is 0 Å². The molecular weight excluding hydrogens is 834 g/mol. The Bertz CT molecular complexity index is 3760. The first-order chi connectivity index (χ1) is 31.6. The maximum Gasteiger partial charge on any atom is 0.488 e. The van der Waals surface area contributed by atoms with Crippen LogP contribution in [0.5, 0.6) is 0 Å². The lowest BCUT2D eigenvalue weighted by atomic mass is 9.75. The largest absolute Gasteiger partial charge is 0.488 e. The van der Waals surface area contributed by atoms with Crippen LogP contribution in [0.15, 0.2) is 168 Å². The van der Waals surface area contributed by atoms with Crippen LogP contribution >= 0.6 is 22.7 Å². The van der Waals surface area contributed by atoms with Gasteiger partial charge in [0.05, 0.1) is 39.1 Å². The Morgan fingerprint density at radius 3 is 1.95 bits per heavy atom. The summed E-state index contributed by atoms with van der Waals surface area (Å²) in [6.45, 7) is 9.31. The molecule has 0 saturated heterocycles. The van der Waals surface area contributed by atoms with Crippen molar-refractivity contribution in [2.45, 2.75) is 44.9 Å². The van der Waals surface area contributed by atoms with Gasteiger partial charge in [0.2, 0.25) is 0 Å². The minimum absolute atomic E-state index is 0.0110. The van der Waals surface area contributed by atoms with E-state index in [2.05, 4.69) is 192 Å². The van der Waals surface area contributed by atoms with Crippen molar-refractivity contribution < 1.29 is 10.0 Å². The Kier molecular flexibility index (Phi) is 8.30. The van der Waals surface area contributed by atoms with E-state index in [1.165, 1.54) is 98.9 Å². The molecule has 0 spiro atoms. The Hall–Kier alpha value is -6.68. The smallest absolute Gasteiger partial charge is 0.423 e. The molecular formula is C57H44BN3O2S2. The zero-order valence-electron chi connectivity index (χ0n) is 36.5. The number of aromatic nitrogens is 2. The molecule has 0 fully saturated rings. The van der Waals surface area contributed by atoms with Crippen LogP contribution in [-0.2, 0) is 17.3 Å². The number of benzene rings is 7. The van der Waals surface area contributed by atoms with Crippen LogP contribution in [0.4, 0.5) is 17.1 Å². The lowest BCUT2D eigenvalue weighted by molar-refractivity contribution is 0.426. The topological polar surface area (TPSA) is 53.6 Å². The molecule has 0 aliphatic carbocycles.